The molecule has 24 heavy (non-hydrogen) atoms. The number of benzene rings is 1. The highest BCUT2D eigenvalue weighted by Gasteiger charge is 2.15. The molecule has 0 radical (unpaired) electrons. The molecule has 0 aliphatic heterocycles. The lowest BCUT2D eigenvalue weighted by Gasteiger charge is -2.20. The Morgan fingerprint density at radius 1 is 1.12 bits per heavy atom. The van der Waals surface area contributed by atoms with Crippen molar-refractivity contribution in [3.05, 3.63) is 18.2 Å². The summed E-state index contributed by atoms with van der Waals surface area (Å²) in [6.45, 7) is 6.27. The zero-order valence-electron chi connectivity index (χ0n) is 14.7. The molecule has 0 bridgehead atoms. The Kier molecular flexibility index (Phi) is 7.57. The summed E-state index contributed by atoms with van der Waals surface area (Å²) < 4.78 is 15.6. The number of anilines is 1. The molecule has 0 aliphatic carbocycles. The largest absolute Gasteiger partial charge is 0.497 e. The molecule has 0 saturated carbocycles. The van der Waals surface area contributed by atoms with Crippen LogP contribution in [0.1, 0.15) is 20.8 Å². The van der Waals surface area contributed by atoms with Crippen molar-refractivity contribution in [1.29, 1.82) is 0 Å². The van der Waals surface area contributed by atoms with Gasteiger partial charge in [0.2, 0.25) is 0 Å². The highest BCUT2D eigenvalue weighted by atomic mass is 32.1. The molecule has 134 valence electrons. The number of hydrogen-bond donors (Lipinski definition) is 3. The average molecular weight is 355 g/mol. The van der Waals surface area contributed by atoms with E-state index in [0.717, 1.165) is 0 Å². The van der Waals surface area contributed by atoms with E-state index < -0.39 is 11.7 Å². The van der Waals surface area contributed by atoms with Gasteiger partial charge in [0.1, 0.15) is 17.1 Å². The summed E-state index contributed by atoms with van der Waals surface area (Å²) in [5, 5.41) is 9.08. The molecule has 1 rings (SSSR count). The Hall–Kier alpha value is -2.22. The number of thiocarbonyl (C=S) groups is 1. The van der Waals surface area contributed by atoms with Gasteiger partial charge in [0, 0.05) is 19.2 Å². The molecule has 1 aromatic rings. The molecule has 1 amide bonds. The molecular formula is C16H25N3O4S. The van der Waals surface area contributed by atoms with Crippen LogP contribution in [0.5, 0.6) is 11.5 Å². The molecule has 0 atom stereocenters. The topological polar surface area (TPSA) is 80.9 Å². The van der Waals surface area contributed by atoms with Crippen molar-refractivity contribution in [2.24, 2.45) is 0 Å². The summed E-state index contributed by atoms with van der Waals surface area (Å²) in [5.41, 5.74) is 0.173. The number of hydrogen-bond acceptors (Lipinski definition) is 5. The Balaban J connectivity index is 2.41. The minimum Gasteiger partial charge on any atom is -0.497 e. The standard InChI is InChI=1S/C16H25N3O4S/c1-16(2,3)23-15(20)18-9-8-17-14(24)19-12-10-11(21-4)6-7-13(12)22-5/h6-7,10H,8-9H2,1-5H3,(H,18,20)(H2,17,19,24). The molecule has 0 aliphatic rings. The van der Waals surface area contributed by atoms with Gasteiger partial charge < -0.3 is 30.2 Å². The molecule has 0 heterocycles. The number of nitrogens with one attached hydrogen (secondary N) is 3. The van der Waals surface area contributed by atoms with E-state index in [9.17, 15) is 4.79 Å². The SMILES string of the molecule is COc1ccc(OC)c(NC(=S)NCCNC(=O)OC(C)(C)C)c1. The lowest BCUT2D eigenvalue weighted by atomic mass is 10.2. The Labute approximate surface area is 148 Å². The van der Waals surface area contributed by atoms with Gasteiger partial charge in [-0.1, -0.05) is 0 Å². The second-order valence-corrected chi connectivity index (χ2v) is 6.28. The fraction of sp³-hybridized carbons (Fsp3) is 0.500. The number of carbonyl (C=O) groups excluding carboxylic acids is 1. The zero-order valence-corrected chi connectivity index (χ0v) is 15.5. The van der Waals surface area contributed by atoms with E-state index in [1.54, 1.807) is 32.4 Å². The first-order valence-electron chi connectivity index (χ1n) is 7.49. The van der Waals surface area contributed by atoms with Crippen LogP contribution in [0.3, 0.4) is 0 Å². The molecule has 1 aromatic carbocycles. The number of methoxy groups -OCH3 is 2. The van der Waals surface area contributed by atoms with E-state index in [0.29, 0.717) is 35.4 Å². The Morgan fingerprint density at radius 2 is 1.79 bits per heavy atom. The van der Waals surface area contributed by atoms with Crippen LogP contribution in [0.2, 0.25) is 0 Å². The summed E-state index contributed by atoms with van der Waals surface area (Å²) in [5.74, 6) is 1.33. The van der Waals surface area contributed by atoms with E-state index in [1.807, 2.05) is 20.8 Å². The van der Waals surface area contributed by atoms with Crippen LogP contribution in [0, 0.1) is 0 Å². The van der Waals surface area contributed by atoms with Gasteiger partial charge in [0.05, 0.1) is 19.9 Å². The van der Waals surface area contributed by atoms with Gasteiger partial charge in [-0.2, -0.15) is 0 Å². The second kappa shape index (κ2) is 9.17. The van der Waals surface area contributed by atoms with Crippen LogP contribution in [0.15, 0.2) is 18.2 Å². The van der Waals surface area contributed by atoms with Crippen molar-refractivity contribution in [3.8, 4) is 11.5 Å². The summed E-state index contributed by atoms with van der Waals surface area (Å²) >= 11 is 5.23. The second-order valence-electron chi connectivity index (χ2n) is 5.88. The first-order valence-corrected chi connectivity index (χ1v) is 7.89. The highest BCUT2D eigenvalue weighted by Crippen LogP contribution is 2.28. The molecule has 8 heteroatoms. The summed E-state index contributed by atoms with van der Waals surface area (Å²) in [7, 11) is 3.17. The number of alkyl carbamates (subject to hydrolysis) is 1. The molecule has 0 fully saturated rings. The van der Waals surface area contributed by atoms with E-state index >= 15 is 0 Å². The summed E-state index contributed by atoms with van der Waals surface area (Å²) in [4.78, 5) is 11.5. The predicted molar refractivity (Wildman–Crippen MR) is 98.0 cm³/mol. The van der Waals surface area contributed by atoms with Crippen molar-refractivity contribution in [2.75, 3.05) is 32.6 Å². The summed E-state index contributed by atoms with van der Waals surface area (Å²) in [6, 6.07) is 5.37. The van der Waals surface area contributed by atoms with Crippen LogP contribution in [-0.4, -0.2) is 44.1 Å². The molecule has 0 spiro atoms. The zero-order chi connectivity index (χ0) is 18.2. The number of amides is 1. The maximum Gasteiger partial charge on any atom is 0.407 e. The van der Waals surface area contributed by atoms with Crippen LogP contribution in [0.4, 0.5) is 10.5 Å². The maximum atomic E-state index is 11.5. The first kappa shape index (κ1) is 19.8. The van der Waals surface area contributed by atoms with E-state index in [2.05, 4.69) is 16.0 Å². The fourth-order valence-corrected chi connectivity index (χ4v) is 1.95. The summed E-state index contributed by atoms with van der Waals surface area (Å²) in [6.07, 6.45) is -0.461. The molecule has 0 saturated heterocycles. The van der Waals surface area contributed by atoms with E-state index in [-0.39, 0.29) is 0 Å². The molecule has 0 aromatic heterocycles. The molecule has 7 nitrogen and oxygen atoms in total. The maximum absolute atomic E-state index is 11.5. The van der Waals surface area contributed by atoms with E-state index in [1.165, 1.54) is 0 Å². The highest BCUT2D eigenvalue weighted by molar-refractivity contribution is 7.80. The van der Waals surface area contributed by atoms with Crippen molar-refractivity contribution in [1.82, 2.24) is 10.6 Å². The van der Waals surface area contributed by atoms with Gasteiger partial charge in [-0.25, -0.2) is 4.79 Å². The van der Waals surface area contributed by atoms with Crippen molar-refractivity contribution in [2.45, 2.75) is 26.4 Å². The number of rotatable bonds is 6. The van der Waals surface area contributed by atoms with Crippen LogP contribution in [-0.2, 0) is 4.74 Å². The molecular weight excluding hydrogens is 330 g/mol. The monoisotopic (exact) mass is 355 g/mol. The lowest BCUT2D eigenvalue weighted by Crippen LogP contribution is -2.39. The third-order valence-electron chi connectivity index (χ3n) is 2.73. The number of carbonyl (C=O) groups is 1. The van der Waals surface area contributed by atoms with Gasteiger partial charge in [0.15, 0.2) is 5.11 Å². The minimum atomic E-state index is -0.517. The Morgan fingerprint density at radius 3 is 2.38 bits per heavy atom. The van der Waals surface area contributed by atoms with E-state index in [4.69, 9.17) is 26.4 Å². The quantitative estimate of drug-likeness (QED) is 0.534. The van der Waals surface area contributed by atoms with Crippen molar-refractivity contribution >= 4 is 29.1 Å². The minimum absolute atomic E-state index is 0.381. The third-order valence-corrected chi connectivity index (χ3v) is 2.98. The molecule has 0 unspecified atom stereocenters. The third kappa shape index (κ3) is 7.36. The van der Waals surface area contributed by atoms with Gasteiger partial charge in [-0.05, 0) is 45.1 Å². The van der Waals surface area contributed by atoms with Gasteiger partial charge in [-0.15, -0.1) is 0 Å². The lowest BCUT2D eigenvalue weighted by molar-refractivity contribution is 0.0529. The van der Waals surface area contributed by atoms with Crippen LogP contribution >= 0.6 is 12.2 Å². The van der Waals surface area contributed by atoms with Gasteiger partial charge >= 0.3 is 6.09 Å². The first-order chi connectivity index (χ1) is 11.2. The molecule has 3 N–H and O–H groups in total. The Bertz CT molecular complexity index is 573. The van der Waals surface area contributed by atoms with Gasteiger partial charge in [0.25, 0.3) is 0 Å². The predicted octanol–water partition coefficient (Wildman–Crippen LogP) is 2.51. The van der Waals surface area contributed by atoms with Crippen LogP contribution < -0.4 is 25.4 Å². The average Bonchev–Trinajstić information content (AvgIpc) is 2.49. The fourth-order valence-electron chi connectivity index (χ4n) is 1.73. The smallest absolute Gasteiger partial charge is 0.407 e. The normalized spacial score (nSPS) is 10.5. The van der Waals surface area contributed by atoms with Crippen LogP contribution in [0.25, 0.3) is 0 Å². The number of ether oxygens (including phenoxy) is 3. The van der Waals surface area contributed by atoms with Gasteiger partial charge in [-0.3, -0.25) is 0 Å². The van der Waals surface area contributed by atoms with Crippen molar-refractivity contribution < 1.29 is 19.0 Å². The van der Waals surface area contributed by atoms with Crippen molar-refractivity contribution in [3.63, 3.8) is 0 Å².